The number of nitriles is 1. The molecule has 12 nitrogen and oxygen atoms in total. The fourth-order valence-corrected chi connectivity index (χ4v) is 5.11. The highest BCUT2D eigenvalue weighted by Crippen LogP contribution is 2.33. The van der Waals surface area contributed by atoms with Crippen LogP contribution in [0, 0.1) is 18.3 Å². The van der Waals surface area contributed by atoms with Gasteiger partial charge >= 0.3 is 12.1 Å². The fourth-order valence-electron chi connectivity index (χ4n) is 5.11. The lowest BCUT2D eigenvalue weighted by molar-refractivity contribution is -0.159. The molecular formula is C38H46N4O8. The van der Waals surface area contributed by atoms with Gasteiger partial charge in [-0.25, -0.2) is 9.59 Å². The van der Waals surface area contributed by atoms with E-state index in [2.05, 4.69) is 10.6 Å². The Morgan fingerprint density at radius 1 is 0.780 bits per heavy atom. The van der Waals surface area contributed by atoms with Crippen molar-refractivity contribution < 1.29 is 38.9 Å². The largest absolute Gasteiger partial charge is 0.508 e. The Morgan fingerprint density at radius 3 is 1.94 bits per heavy atom. The lowest BCUT2D eigenvalue weighted by Gasteiger charge is -2.34. The normalized spacial score (nSPS) is 13.2. The van der Waals surface area contributed by atoms with Gasteiger partial charge in [-0.05, 0) is 77.3 Å². The Hall–Kier alpha value is -5.57. The number of benzene rings is 3. The molecule has 0 heterocycles. The zero-order valence-corrected chi connectivity index (χ0v) is 29.5. The first-order chi connectivity index (χ1) is 23.4. The zero-order valence-electron chi connectivity index (χ0n) is 29.5. The summed E-state index contributed by atoms with van der Waals surface area (Å²) in [6.45, 7) is 11.0. The van der Waals surface area contributed by atoms with E-state index in [0.717, 1.165) is 10.5 Å². The number of aryl methyl sites for hydroxylation is 1. The quantitative estimate of drug-likeness (QED) is 0.151. The Kier molecular flexibility index (Phi) is 13.0. The van der Waals surface area contributed by atoms with Gasteiger partial charge in [-0.1, -0.05) is 60.7 Å². The molecule has 0 aliphatic heterocycles. The molecule has 0 radical (unpaired) electrons. The lowest BCUT2D eigenvalue weighted by Crippen LogP contribution is -2.55. The molecule has 3 unspecified atom stereocenters. The summed E-state index contributed by atoms with van der Waals surface area (Å²) in [7, 11) is 0. The Morgan fingerprint density at radius 2 is 1.36 bits per heavy atom. The fraction of sp³-hybridized carbons (Fsp3) is 0.395. The minimum atomic E-state index is -1.63. The van der Waals surface area contributed by atoms with Crippen LogP contribution in [-0.2, 0) is 36.7 Å². The number of carbonyl (C=O) groups excluding carboxylic acids is 4. The van der Waals surface area contributed by atoms with Crippen molar-refractivity contribution in [2.75, 3.05) is 6.54 Å². The number of alkyl carbamates (subject to hydrolysis) is 1. The second-order valence-corrected chi connectivity index (χ2v) is 13.9. The number of hydrogen-bond donors (Lipinski definition) is 4. The molecule has 0 aliphatic carbocycles. The average Bonchev–Trinajstić information content (AvgIpc) is 3.01. The van der Waals surface area contributed by atoms with E-state index in [9.17, 15) is 34.7 Å². The standard InChI is InChI=1S/C38H46N4O8/c1-24-12-11-15-28(32(24)44)31(33(45)40-30(35(47)49-37(2,3)4)23-25-13-9-8-10-14-25)42(21-20-39)34(46)29(41-36(48)50-38(5,6)7)22-26-16-18-27(43)19-17-26/h8-19,29-31,43-44H,21-23H2,1-7H3,(H,40,45)(H,41,48). The first-order valence-corrected chi connectivity index (χ1v) is 16.2. The SMILES string of the molecule is Cc1cccc(C(C(=O)NC(Cc2ccccc2)C(=O)OC(C)(C)C)N(CC#N)C(=O)C(Cc2ccc(O)cc2)NC(=O)OC(C)(C)C)c1O. The molecule has 0 saturated heterocycles. The summed E-state index contributed by atoms with van der Waals surface area (Å²) < 4.78 is 11.1. The van der Waals surface area contributed by atoms with Gasteiger partial charge in [0.25, 0.3) is 0 Å². The number of phenols is 2. The van der Waals surface area contributed by atoms with Gasteiger partial charge in [0.05, 0.1) is 6.07 Å². The van der Waals surface area contributed by atoms with Gasteiger partial charge in [0.2, 0.25) is 11.8 Å². The number of hydrogen-bond acceptors (Lipinski definition) is 9. The topological polar surface area (TPSA) is 178 Å². The molecule has 3 aromatic rings. The predicted molar refractivity (Wildman–Crippen MR) is 186 cm³/mol. The third-order valence-electron chi connectivity index (χ3n) is 7.30. The number of amides is 3. The van der Waals surface area contributed by atoms with Crippen LogP contribution in [0.3, 0.4) is 0 Å². The molecular weight excluding hydrogens is 640 g/mol. The molecule has 50 heavy (non-hydrogen) atoms. The van der Waals surface area contributed by atoms with Crippen molar-refractivity contribution in [1.29, 1.82) is 5.26 Å². The second kappa shape index (κ2) is 16.7. The van der Waals surface area contributed by atoms with Gasteiger partial charge in [0.1, 0.15) is 47.4 Å². The summed E-state index contributed by atoms with van der Waals surface area (Å²) in [6, 6.07) is 17.3. The van der Waals surface area contributed by atoms with Gasteiger partial charge in [-0.15, -0.1) is 0 Å². The number of nitrogens with one attached hydrogen (secondary N) is 2. The minimum Gasteiger partial charge on any atom is -0.508 e. The van der Waals surface area contributed by atoms with Gasteiger partial charge < -0.3 is 35.2 Å². The molecule has 0 spiro atoms. The number of para-hydroxylation sites is 1. The van der Waals surface area contributed by atoms with Crippen LogP contribution < -0.4 is 10.6 Å². The van der Waals surface area contributed by atoms with Crippen molar-refractivity contribution in [2.24, 2.45) is 0 Å². The van der Waals surface area contributed by atoms with Crippen LogP contribution >= 0.6 is 0 Å². The van der Waals surface area contributed by atoms with Gasteiger partial charge in [-0.2, -0.15) is 5.26 Å². The average molecular weight is 687 g/mol. The number of aromatic hydroxyl groups is 2. The monoisotopic (exact) mass is 686 g/mol. The maximum Gasteiger partial charge on any atom is 0.408 e. The highest BCUT2D eigenvalue weighted by molar-refractivity contribution is 5.94. The highest BCUT2D eigenvalue weighted by Gasteiger charge is 2.39. The lowest BCUT2D eigenvalue weighted by atomic mass is 9.97. The highest BCUT2D eigenvalue weighted by atomic mass is 16.6. The summed E-state index contributed by atoms with van der Waals surface area (Å²) >= 11 is 0. The van der Waals surface area contributed by atoms with E-state index in [1.165, 1.54) is 18.2 Å². The van der Waals surface area contributed by atoms with E-state index in [1.807, 2.05) is 12.1 Å². The second-order valence-electron chi connectivity index (χ2n) is 13.9. The summed E-state index contributed by atoms with van der Waals surface area (Å²) in [6.07, 6.45) is -0.980. The van der Waals surface area contributed by atoms with Gasteiger partial charge in [0, 0.05) is 18.4 Å². The molecule has 0 aromatic heterocycles. The molecule has 266 valence electrons. The van der Waals surface area contributed by atoms with Gasteiger partial charge in [0.15, 0.2) is 0 Å². The minimum absolute atomic E-state index is 0.00518. The smallest absolute Gasteiger partial charge is 0.408 e. The third-order valence-corrected chi connectivity index (χ3v) is 7.30. The molecule has 3 amide bonds. The Labute approximate surface area is 293 Å². The van der Waals surface area contributed by atoms with Crippen LogP contribution in [0.15, 0.2) is 72.8 Å². The van der Waals surface area contributed by atoms with Crippen molar-refractivity contribution in [3.63, 3.8) is 0 Å². The zero-order chi connectivity index (χ0) is 37.2. The first kappa shape index (κ1) is 38.9. The maximum atomic E-state index is 14.5. The van der Waals surface area contributed by atoms with Crippen LogP contribution in [0.4, 0.5) is 4.79 Å². The van der Waals surface area contributed by atoms with E-state index in [4.69, 9.17) is 9.47 Å². The van der Waals surface area contributed by atoms with Crippen LogP contribution in [0.5, 0.6) is 11.5 Å². The van der Waals surface area contributed by atoms with Crippen molar-refractivity contribution in [1.82, 2.24) is 15.5 Å². The number of nitrogens with zero attached hydrogens (tertiary/aromatic N) is 2. The molecule has 0 aliphatic rings. The van der Waals surface area contributed by atoms with Gasteiger partial charge in [-0.3, -0.25) is 9.59 Å². The van der Waals surface area contributed by atoms with Crippen molar-refractivity contribution in [3.8, 4) is 17.6 Å². The van der Waals surface area contributed by atoms with E-state index in [-0.39, 0.29) is 29.9 Å². The maximum absolute atomic E-state index is 14.5. The summed E-state index contributed by atoms with van der Waals surface area (Å²) in [5.41, 5.74) is -0.143. The molecule has 3 rings (SSSR count). The van der Waals surface area contributed by atoms with Crippen LogP contribution in [-0.4, -0.2) is 68.8 Å². The van der Waals surface area contributed by atoms with E-state index < -0.39 is 59.7 Å². The molecule has 3 atom stereocenters. The number of rotatable bonds is 12. The number of carbonyl (C=O) groups is 4. The van der Waals surface area contributed by atoms with E-state index >= 15 is 0 Å². The Balaban J connectivity index is 2.13. The summed E-state index contributed by atoms with van der Waals surface area (Å²) in [5.74, 6) is -2.75. The first-order valence-electron chi connectivity index (χ1n) is 16.2. The Bertz CT molecular complexity index is 1690. The van der Waals surface area contributed by atoms with Crippen molar-refractivity contribution in [3.05, 3.63) is 95.1 Å². The number of ether oxygens (including phenoxy) is 2. The molecule has 0 saturated carbocycles. The van der Waals surface area contributed by atoms with E-state index in [0.29, 0.717) is 11.1 Å². The molecule has 3 aromatic carbocycles. The summed E-state index contributed by atoms with van der Waals surface area (Å²) in [5, 5.41) is 36.3. The van der Waals surface area contributed by atoms with Crippen molar-refractivity contribution >= 4 is 23.9 Å². The van der Waals surface area contributed by atoms with E-state index in [1.54, 1.807) is 97.0 Å². The number of esters is 1. The van der Waals surface area contributed by atoms with Crippen LogP contribution in [0.25, 0.3) is 0 Å². The molecule has 0 bridgehead atoms. The van der Waals surface area contributed by atoms with Crippen LogP contribution in [0.1, 0.15) is 69.8 Å². The summed E-state index contributed by atoms with van der Waals surface area (Å²) in [4.78, 5) is 56.4. The van der Waals surface area contributed by atoms with Crippen molar-refractivity contribution in [2.45, 2.75) is 90.6 Å². The predicted octanol–water partition coefficient (Wildman–Crippen LogP) is 5.00. The molecule has 12 heteroatoms. The molecule has 0 fully saturated rings. The molecule has 4 N–H and O–H groups in total. The third kappa shape index (κ3) is 11.5. The van der Waals surface area contributed by atoms with Crippen LogP contribution in [0.2, 0.25) is 0 Å². The number of phenolic OH excluding ortho intramolecular Hbond substituents is 2.